The summed E-state index contributed by atoms with van der Waals surface area (Å²) in [6, 6.07) is 2.12. The Balaban J connectivity index is 2.81. The first-order valence-electron chi connectivity index (χ1n) is 7.04. The van der Waals surface area contributed by atoms with Crippen LogP contribution in [-0.2, 0) is 0 Å². The highest BCUT2D eigenvalue weighted by atomic mass is 16.3. The number of carbonyl (C=O) groups excluding carboxylic acids is 1. The predicted molar refractivity (Wildman–Crippen MR) is 86.9 cm³/mol. The first-order valence-corrected chi connectivity index (χ1v) is 7.04. The van der Waals surface area contributed by atoms with Crippen LogP contribution in [-0.4, -0.2) is 28.3 Å². The fourth-order valence-electron chi connectivity index (χ4n) is 1.97. The van der Waals surface area contributed by atoms with E-state index in [1.807, 2.05) is 0 Å². The molecule has 1 rings (SSSR count). The first-order chi connectivity index (χ1) is 10.7. The van der Waals surface area contributed by atoms with Gasteiger partial charge in [-0.3, -0.25) is 9.59 Å². The van der Waals surface area contributed by atoms with E-state index in [1.54, 1.807) is 0 Å². The Morgan fingerprint density at radius 1 is 1.35 bits per heavy atom. The molecule has 1 amide bonds. The number of nitrogens with one attached hydrogen (secondary N) is 1. The Kier molecular flexibility index (Phi) is 6.13. The van der Waals surface area contributed by atoms with Gasteiger partial charge in [-0.05, 0) is 37.5 Å². The molecule has 1 aromatic carbocycles. The normalized spacial score (nSPS) is 10.9. The molecule has 0 bridgehead atoms. The molecule has 0 aliphatic carbocycles. The molecule has 0 unspecified atom stereocenters. The van der Waals surface area contributed by atoms with E-state index in [9.17, 15) is 19.8 Å². The van der Waals surface area contributed by atoms with Crippen molar-refractivity contribution in [3.8, 4) is 23.8 Å². The van der Waals surface area contributed by atoms with Gasteiger partial charge in [0.05, 0.1) is 5.66 Å². The molecule has 0 aliphatic rings. The third kappa shape index (κ3) is 5.29. The number of hydrogen-bond acceptors (Lipinski definition) is 6. The van der Waals surface area contributed by atoms with E-state index >= 15 is 0 Å². The van der Waals surface area contributed by atoms with Crippen LogP contribution in [0.2, 0.25) is 0 Å². The van der Waals surface area contributed by atoms with Crippen LogP contribution < -0.4 is 22.2 Å². The molecule has 23 heavy (non-hydrogen) atoms. The van der Waals surface area contributed by atoms with Gasteiger partial charge in [-0.15, -0.1) is 12.3 Å². The summed E-state index contributed by atoms with van der Waals surface area (Å²) in [6.45, 7) is 1.73. The second-order valence-corrected chi connectivity index (χ2v) is 5.43. The molecule has 0 aromatic heterocycles. The molecule has 7 N–H and O–H groups in total. The lowest BCUT2D eigenvalue weighted by Crippen LogP contribution is -2.51. The van der Waals surface area contributed by atoms with E-state index in [4.69, 9.17) is 17.9 Å². The highest BCUT2D eigenvalue weighted by Gasteiger charge is 2.19. The first kappa shape index (κ1) is 18.5. The Hall–Kier alpha value is -2.56. The molecule has 7 nitrogen and oxygen atoms in total. The van der Waals surface area contributed by atoms with Gasteiger partial charge >= 0.3 is 0 Å². The van der Waals surface area contributed by atoms with Gasteiger partial charge in [-0.25, -0.2) is 0 Å². The van der Waals surface area contributed by atoms with Crippen LogP contribution in [0, 0.1) is 19.3 Å². The lowest BCUT2D eigenvalue weighted by molar-refractivity contribution is 0.0949. The predicted octanol–water partition coefficient (Wildman–Crippen LogP) is -0.0866. The number of carbonyl (C=O) groups is 1. The quantitative estimate of drug-likeness (QED) is 0.367. The summed E-state index contributed by atoms with van der Waals surface area (Å²) in [6.07, 6.45) is 6.33. The number of amides is 1. The van der Waals surface area contributed by atoms with Crippen molar-refractivity contribution in [2.45, 2.75) is 31.8 Å². The molecule has 0 saturated carbocycles. The van der Waals surface area contributed by atoms with Crippen LogP contribution in [0.25, 0.3) is 0 Å². The Morgan fingerprint density at radius 3 is 2.61 bits per heavy atom. The van der Waals surface area contributed by atoms with E-state index < -0.39 is 28.5 Å². The zero-order valence-electron chi connectivity index (χ0n) is 12.9. The fourth-order valence-corrected chi connectivity index (χ4v) is 1.97. The van der Waals surface area contributed by atoms with Crippen molar-refractivity contribution in [3.05, 3.63) is 33.5 Å². The van der Waals surface area contributed by atoms with E-state index in [0.29, 0.717) is 24.8 Å². The van der Waals surface area contributed by atoms with Gasteiger partial charge < -0.3 is 27.0 Å². The molecule has 0 spiro atoms. The number of terminal acetylenes is 1. The van der Waals surface area contributed by atoms with Crippen LogP contribution in [0.1, 0.15) is 35.2 Å². The summed E-state index contributed by atoms with van der Waals surface area (Å²) in [7, 11) is 0. The third-order valence-corrected chi connectivity index (χ3v) is 3.38. The fraction of sp³-hybridized carbons (Fsp3) is 0.375. The third-order valence-electron chi connectivity index (χ3n) is 3.38. The average molecular weight is 319 g/mol. The van der Waals surface area contributed by atoms with Crippen molar-refractivity contribution in [2.75, 3.05) is 6.54 Å². The number of aryl methyl sites for hydroxylation is 1. The van der Waals surface area contributed by atoms with E-state index in [1.165, 1.54) is 6.92 Å². The minimum absolute atomic E-state index is 0.0724. The maximum absolute atomic E-state index is 12.2. The molecular formula is C16H21N3O4. The second-order valence-electron chi connectivity index (χ2n) is 5.43. The molecular weight excluding hydrogens is 298 g/mol. The van der Waals surface area contributed by atoms with E-state index in [-0.39, 0.29) is 12.1 Å². The SMILES string of the molecule is C#CCCC(N)(N)CCNC(=O)c1cc(O)c(O)c(=O)cc1C. The molecule has 0 saturated heterocycles. The van der Waals surface area contributed by atoms with Crippen LogP contribution in [0.5, 0.6) is 11.5 Å². The highest BCUT2D eigenvalue weighted by Crippen LogP contribution is 2.21. The monoisotopic (exact) mass is 319 g/mol. The van der Waals surface area contributed by atoms with Gasteiger partial charge in [0.1, 0.15) is 0 Å². The summed E-state index contributed by atoms with van der Waals surface area (Å²) < 4.78 is 0. The van der Waals surface area contributed by atoms with Crippen LogP contribution >= 0.6 is 0 Å². The van der Waals surface area contributed by atoms with E-state index in [0.717, 1.165) is 12.1 Å². The zero-order valence-corrected chi connectivity index (χ0v) is 12.9. The smallest absolute Gasteiger partial charge is 0.251 e. The van der Waals surface area contributed by atoms with Crippen molar-refractivity contribution in [3.63, 3.8) is 0 Å². The Bertz CT molecular complexity index is 693. The molecule has 0 atom stereocenters. The molecule has 0 radical (unpaired) electrons. The summed E-state index contributed by atoms with van der Waals surface area (Å²) in [5.74, 6) is 0.475. The minimum atomic E-state index is -0.987. The highest BCUT2D eigenvalue weighted by molar-refractivity contribution is 5.95. The van der Waals surface area contributed by atoms with Crippen molar-refractivity contribution in [1.29, 1.82) is 0 Å². The van der Waals surface area contributed by atoms with Gasteiger partial charge in [-0.1, -0.05) is 0 Å². The number of rotatable bonds is 6. The van der Waals surface area contributed by atoms with E-state index in [2.05, 4.69) is 11.2 Å². The molecule has 0 aliphatic heterocycles. The summed E-state index contributed by atoms with van der Waals surface area (Å²) >= 11 is 0. The van der Waals surface area contributed by atoms with Gasteiger partial charge in [0.2, 0.25) is 11.2 Å². The standard InChI is InChI=1S/C16H21N3O4/c1-3-4-5-16(17,18)6-7-19-15(23)11-9-13(21)14(22)12(20)8-10(11)2/h1,8-9H,4-7,17-18H2,2H3,(H,19,23)(H2,20,21,22). The summed E-state index contributed by atoms with van der Waals surface area (Å²) in [5.41, 5.74) is 10.4. The minimum Gasteiger partial charge on any atom is -0.504 e. The Morgan fingerprint density at radius 2 is 2.00 bits per heavy atom. The van der Waals surface area contributed by atoms with Gasteiger partial charge in [0.15, 0.2) is 5.75 Å². The van der Waals surface area contributed by atoms with Gasteiger partial charge in [0.25, 0.3) is 5.91 Å². The van der Waals surface area contributed by atoms with Crippen molar-refractivity contribution >= 4 is 5.91 Å². The maximum Gasteiger partial charge on any atom is 0.251 e. The van der Waals surface area contributed by atoms with Crippen molar-refractivity contribution in [1.82, 2.24) is 5.32 Å². The average Bonchev–Trinajstić information content (AvgIpc) is 2.57. The van der Waals surface area contributed by atoms with Crippen LogP contribution in [0.4, 0.5) is 0 Å². The number of aromatic hydroxyl groups is 2. The Labute approximate surface area is 134 Å². The molecule has 1 aromatic rings. The number of nitrogens with two attached hydrogens (primary N) is 2. The van der Waals surface area contributed by atoms with Gasteiger partial charge in [0, 0.05) is 18.5 Å². The molecule has 124 valence electrons. The van der Waals surface area contributed by atoms with Crippen molar-refractivity contribution in [2.24, 2.45) is 11.5 Å². The lowest BCUT2D eigenvalue weighted by Gasteiger charge is -2.23. The van der Waals surface area contributed by atoms with Crippen LogP contribution in [0.15, 0.2) is 16.9 Å². The van der Waals surface area contributed by atoms with Crippen LogP contribution in [0.3, 0.4) is 0 Å². The lowest BCUT2D eigenvalue weighted by atomic mass is 10.0. The molecule has 0 heterocycles. The van der Waals surface area contributed by atoms with Crippen molar-refractivity contribution < 1.29 is 15.0 Å². The maximum atomic E-state index is 12.2. The second kappa shape index (κ2) is 7.63. The number of hydrogen-bond donors (Lipinski definition) is 5. The summed E-state index contributed by atoms with van der Waals surface area (Å²) in [5, 5.41) is 21.6. The molecule has 0 fully saturated rings. The zero-order chi connectivity index (χ0) is 17.6. The van der Waals surface area contributed by atoms with Gasteiger partial charge in [-0.2, -0.15) is 0 Å². The topological polar surface area (TPSA) is 139 Å². The largest absolute Gasteiger partial charge is 0.504 e. The summed E-state index contributed by atoms with van der Waals surface area (Å²) in [4.78, 5) is 23.6. The molecule has 7 heteroatoms.